The van der Waals surface area contributed by atoms with Crippen LogP contribution in [0.25, 0.3) is 10.4 Å². The third-order valence-electron chi connectivity index (χ3n) is 1.62. The lowest BCUT2D eigenvalue weighted by molar-refractivity contribution is 0.618. The van der Waals surface area contributed by atoms with E-state index < -0.39 is 10.8 Å². The molecule has 0 aromatic rings. The molecule has 1 unspecified atom stereocenters. The Balaban J connectivity index is 3.35. The molecule has 0 radical (unpaired) electrons. The summed E-state index contributed by atoms with van der Waals surface area (Å²) in [4.78, 5) is 2.63. The monoisotopic (exact) mass is 203 g/mol. The highest BCUT2D eigenvalue weighted by molar-refractivity contribution is 7.84. The summed E-state index contributed by atoms with van der Waals surface area (Å²) in [6.45, 7) is 4.71. The molecule has 0 aliphatic rings. The Morgan fingerprint density at radius 3 is 2.69 bits per heavy atom. The van der Waals surface area contributed by atoms with Crippen molar-refractivity contribution >= 4 is 10.8 Å². The average Bonchev–Trinajstić information content (AvgIpc) is 2.09. The molecule has 0 aliphatic heterocycles. The van der Waals surface area contributed by atoms with Crippen LogP contribution in [0, 0.1) is 5.92 Å². The molecule has 0 spiro atoms. The fraction of sp³-hybridized carbons (Fsp3) is 1.00. The molecule has 0 N–H and O–H groups in total. The third kappa shape index (κ3) is 9.37. The highest BCUT2D eigenvalue weighted by Gasteiger charge is 2.00. The molecule has 0 saturated heterocycles. The second-order valence-corrected chi connectivity index (χ2v) is 5.03. The normalized spacial score (nSPS) is 12.5. The topological polar surface area (TPSA) is 65.8 Å². The molecule has 0 aromatic carbocycles. The third-order valence-corrected chi connectivity index (χ3v) is 3.05. The van der Waals surface area contributed by atoms with Gasteiger partial charge in [-0.1, -0.05) is 19.0 Å². The van der Waals surface area contributed by atoms with Crippen molar-refractivity contribution < 1.29 is 4.21 Å². The maximum Gasteiger partial charge on any atom is 0.0266 e. The molecule has 0 bridgehead atoms. The van der Waals surface area contributed by atoms with Gasteiger partial charge in [0.25, 0.3) is 0 Å². The predicted octanol–water partition coefficient (Wildman–Crippen LogP) is 2.48. The fourth-order valence-corrected chi connectivity index (χ4v) is 2.20. The Kier molecular flexibility index (Phi) is 7.74. The summed E-state index contributed by atoms with van der Waals surface area (Å²) in [7, 11) is -0.727. The predicted molar refractivity (Wildman–Crippen MR) is 56.0 cm³/mol. The lowest BCUT2D eigenvalue weighted by Gasteiger charge is -2.03. The Morgan fingerprint density at radius 2 is 2.15 bits per heavy atom. The van der Waals surface area contributed by atoms with E-state index in [1.54, 1.807) is 0 Å². The Bertz CT molecular complexity index is 200. The molecule has 0 aliphatic carbocycles. The first kappa shape index (κ1) is 12.5. The zero-order valence-electron chi connectivity index (χ0n) is 8.27. The van der Waals surface area contributed by atoms with Crippen LogP contribution in [-0.4, -0.2) is 22.3 Å². The standard InChI is InChI=1S/C8H17N3OS/c1-8(2)4-7-13(12)6-3-5-10-11-9/h8H,3-7H2,1-2H3. The fourth-order valence-electron chi connectivity index (χ4n) is 0.810. The highest BCUT2D eigenvalue weighted by atomic mass is 32.2. The van der Waals surface area contributed by atoms with Crippen LogP contribution in [0.4, 0.5) is 0 Å². The molecular formula is C8H17N3OS. The van der Waals surface area contributed by atoms with E-state index in [2.05, 4.69) is 23.9 Å². The second kappa shape index (κ2) is 8.08. The van der Waals surface area contributed by atoms with Gasteiger partial charge in [0.2, 0.25) is 0 Å². The van der Waals surface area contributed by atoms with Crippen molar-refractivity contribution in [3.63, 3.8) is 0 Å². The van der Waals surface area contributed by atoms with Crippen LogP contribution in [0.1, 0.15) is 26.7 Å². The van der Waals surface area contributed by atoms with Crippen LogP contribution < -0.4 is 0 Å². The largest absolute Gasteiger partial charge is 0.260 e. The Labute approximate surface area is 81.8 Å². The summed E-state index contributed by atoms with van der Waals surface area (Å²) in [6, 6.07) is 0. The van der Waals surface area contributed by atoms with Gasteiger partial charge in [0, 0.05) is 33.8 Å². The van der Waals surface area contributed by atoms with Gasteiger partial charge in [-0.2, -0.15) is 0 Å². The van der Waals surface area contributed by atoms with Gasteiger partial charge < -0.3 is 0 Å². The first-order valence-electron chi connectivity index (χ1n) is 4.52. The van der Waals surface area contributed by atoms with Crippen LogP contribution in [0.5, 0.6) is 0 Å². The van der Waals surface area contributed by atoms with Crippen molar-refractivity contribution in [2.75, 3.05) is 18.1 Å². The van der Waals surface area contributed by atoms with Crippen LogP contribution in [0.3, 0.4) is 0 Å². The van der Waals surface area contributed by atoms with Crippen molar-refractivity contribution in [3.05, 3.63) is 10.4 Å². The van der Waals surface area contributed by atoms with Gasteiger partial charge in [-0.15, -0.1) is 0 Å². The molecule has 1 atom stereocenters. The maximum atomic E-state index is 11.3. The van der Waals surface area contributed by atoms with Crippen molar-refractivity contribution in [1.82, 2.24) is 0 Å². The SMILES string of the molecule is CC(C)CCS(=O)CCCN=[N+]=[N-]. The quantitative estimate of drug-likeness (QED) is 0.271. The van der Waals surface area contributed by atoms with E-state index in [-0.39, 0.29) is 0 Å². The molecule has 0 amide bonds. The highest BCUT2D eigenvalue weighted by Crippen LogP contribution is 2.01. The summed E-state index contributed by atoms with van der Waals surface area (Å²) in [5, 5.41) is 3.39. The van der Waals surface area contributed by atoms with E-state index in [0.717, 1.165) is 18.6 Å². The van der Waals surface area contributed by atoms with Gasteiger partial charge in [0.05, 0.1) is 0 Å². The summed E-state index contributed by atoms with van der Waals surface area (Å²) >= 11 is 0. The van der Waals surface area contributed by atoms with Crippen molar-refractivity contribution in [1.29, 1.82) is 0 Å². The molecule has 0 fully saturated rings. The van der Waals surface area contributed by atoms with Gasteiger partial charge >= 0.3 is 0 Å². The number of nitrogens with zero attached hydrogens (tertiary/aromatic N) is 3. The number of hydrogen-bond donors (Lipinski definition) is 0. The summed E-state index contributed by atoms with van der Waals surface area (Å²) in [5.74, 6) is 2.04. The number of azide groups is 1. The van der Waals surface area contributed by atoms with Crippen molar-refractivity contribution in [3.8, 4) is 0 Å². The maximum absolute atomic E-state index is 11.3. The molecule has 76 valence electrons. The summed E-state index contributed by atoms with van der Waals surface area (Å²) < 4.78 is 11.3. The zero-order valence-corrected chi connectivity index (χ0v) is 9.09. The van der Waals surface area contributed by atoms with E-state index >= 15 is 0 Å². The molecule has 5 heteroatoms. The van der Waals surface area contributed by atoms with Gasteiger partial charge in [0.1, 0.15) is 0 Å². The molecule has 0 aromatic heterocycles. The van der Waals surface area contributed by atoms with Crippen LogP contribution in [0.2, 0.25) is 0 Å². The van der Waals surface area contributed by atoms with E-state index in [9.17, 15) is 4.21 Å². The lowest BCUT2D eigenvalue weighted by Crippen LogP contribution is -2.06. The molecular weight excluding hydrogens is 186 g/mol. The van der Waals surface area contributed by atoms with Crippen molar-refractivity contribution in [2.24, 2.45) is 11.0 Å². The molecule has 0 heterocycles. The van der Waals surface area contributed by atoms with Crippen LogP contribution >= 0.6 is 0 Å². The Hall–Kier alpha value is -0.540. The van der Waals surface area contributed by atoms with E-state index in [4.69, 9.17) is 5.53 Å². The summed E-state index contributed by atoms with van der Waals surface area (Å²) in [6.07, 6.45) is 1.74. The first-order valence-corrected chi connectivity index (χ1v) is 6.01. The molecule has 0 rings (SSSR count). The second-order valence-electron chi connectivity index (χ2n) is 3.34. The van der Waals surface area contributed by atoms with E-state index in [1.165, 1.54) is 0 Å². The van der Waals surface area contributed by atoms with Crippen LogP contribution in [-0.2, 0) is 10.8 Å². The van der Waals surface area contributed by atoms with Gasteiger partial charge in [-0.05, 0) is 24.3 Å². The van der Waals surface area contributed by atoms with E-state index in [0.29, 0.717) is 18.2 Å². The molecule has 4 nitrogen and oxygen atoms in total. The smallest absolute Gasteiger partial charge is 0.0266 e. The first-order chi connectivity index (χ1) is 6.16. The number of hydrogen-bond acceptors (Lipinski definition) is 2. The molecule has 13 heavy (non-hydrogen) atoms. The van der Waals surface area contributed by atoms with Gasteiger partial charge in [-0.3, -0.25) is 4.21 Å². The van der Waals surface area contributed by atoms with Gasteiger partial charge in [-0.25, -0.2) is 0 Å². The minimum absolute atomic E-state index is 0.462. The number of rotatable bonds is 7. The van der Waals surface area contributed by atoms with Gasteiger partial charge in [0.15, 0.2) is 0 Å². The lowest BCUT2D eigenvalue weighted by atomic mass is 10.2. The van der Waals surface area contributed by atoms with Crippen molar-refractivity contribution in [2.45, 2.75) is 26.7 Å². The zero-order chi connectivity index (χ0) is 10.1. The minimum Gasteiger partial charge on any atom is -0.260 e. The van der Waals surface area contributed by atoms with Crippen LogP contribution in [0.15, 0.2) is 5.11 Å². The minimum atomic E-state index is -0.727. The van der Waals surface area contributed by atoms with E-state index in [1.807, 2.05) is 0 Å². The summed E-state index contributed by atoms with van der Waals surface area (Å²) in [5.41, 5.74) is 7.99. The molecule has 0 saturated carbocycles. The average molecular weight is 203 g/mol. The Morgan fingerprint density at radius 1 is 1.46 bits per heavy atom.